The minimum Gasteiger partial charge on any atom is -0.490 e. The van der Waals surface area contributed by atoms with E-state index in [1.807, 2.05) is 0 Å². The number of thiocarbonyl (C=S) groups is 1. The van der Waals surface area contributed by atoms with Crippen molar-refractivity contribution in [3.63, 3.8) is 0 Å². The second-order valence-corrected chi connectivity index (χ2v) is 5.40. The van der Waals surface area contributed by atoms with Crippen LogP contribution in [0.2, 0.25) is 0 Å². The molecule has 0 amide bonds. The van der Waals surface area contributed by atoms with Gasteiger partial charge in [-0.15, -0.1) is 0 Å². The van der Waals surface area contributed by atoms with E-state index in [4.69, 9.17) is 17.0 Å². The normalized spacial score (nSPS) is 15.7. The predicted molar refractivity (Wildman–Crippen MR) is 81.9 cm³/mol. The van der Waals surface area contributed by atoms with E-state index in [9.17, 15) is 14.9 Å². The Morgan fingerprint density at radius 2 is 2.14 bits per heavy atom. The van der Waals surface area contributed by atoms with E-state index in [1.165, 1.54) is 19.2 Å². The zero-order valence-electron chi connectivity index (χ0n) is 11.8. The van der Waals surface area contributed by atoms with Crippen LogP contribution in [0.4, 0.5) is 5.69 Å². The Morgan fingerprint density at radius 3 is 2.57 bits per heavy atom. The molecule has 0 spiro atoms. The van der Waals surface area contributed by atoms with Gasteiger partial charge in [0.1, 0.15) is 0 Å². The lowest BCUT2D eigenvalue weighted by Crippen LogP contribution is -2.49. The first-order valence-corrected chi connectivity index (χ1v) is 6.96. The summed E-state index contributed by atoms with van der Waals surface area (Å²) in [5, 5.41) is 13.9. The third kappa shape index (κ3) is 2.49. The van der Waals surface area contributed by atoms with Crippen LogP contribution in [-0.2, 0) is 0 Å². The van der Waals surface area contributed by atoms with Crippen LogP contribution in [0, 0.1) is 15.5 Å². The molecule has 112 valence electrons. The molecule has 1 aromatic carbocycles. The van der Waals surface area contributed by atoms with Crippen molar-refractivity contribution >= 4 is 28.7 Å². The molecule has 1 fully saturated rings. The van der Waals surface area contributed by atoms with Crippen LogP contribution < -0.4 is 10.1 Å². The van der Waals surface area contributed by atoms with Crippen LogP contribution in [0.5, 0.6) is 5.75 Å². The van der Waals surface area contributed by atoms with E-state index in [0.717, 1.165) is 6.42 Å². The largest absolute Gasteiger partial charge is 0.490 e. The fourth-order valence-corrected chi connectivity index (χ4v) is 2.87. The summed E-state index contributed by atoms with van der Waals surface area (Å²) < 4.78 is 4.94. The number of hydrogen-bond donors (Lipinski definition) is 1. The second kappa shape index (κ2) is 5.77. The zero-order valence-corrected chi connectivity index (χ0v) is 12.7. The van der Waals surface area contributed by atoms with E-state index >= 15 is 0 Å². The van der Waals surface area contributed by atoms with Crippen molar-refractivity contribution in [3.8, 4) is 5.75 Å². The van der Waals surface area contributed by atoms with E-state index in [0.29, 0.717) is 23.4 Å². The number of nitrogens with zero attached hydrogens (tertiary/aromatic N) is 1. The standard InChI is InChI=1S/C14H16N2O4S/c1-15-13(21)14(6-3-7-14)12(17)9-4-5-11(20-2)10(8-9)16(18)19/h4-5,8H,3,6-7H2,1-2H3,(H,15,21). The summed E-state index contributed by atoms with van der Waals surface area (Å²) >= 11 is 5.26. The number of nitro groups is 1. The Hall–Kier alpha value is -2.02. The first-order valence-electron chi connectivity index (χ1n) is 6.55. The molecule has 7 heteroatoms. The maximum atomic E-state index is 12.7. The summed E-state index contributed by atoms with van der Waals surface area (Å²) in [5.41, 5.74) is -0.639. The highest BCUT2D eigenvalue weighted by atomic mass is 32.1. The number of nitro benzene ring substituents is 1. The number of methoxy groups -OCH3 is 1. The van der Waals surface area contributed by atoms with Gasteiger partial charge in [0.2, 0.25) is 0 Å². The average Bonchev–Trinajstić information content (AvgIpc) is 2.44. The third-order valence-electron chi connectivity index (χ3n) is 3.94. The van der Waals surface area contributed by atoms with Crippen molar-refractivity contribution < 1.29 is 14.5 Å². The van der Waals surface area contributed by atoms with Gasteiger partial charge in [-0.1, -0.05) is 18.6 Å². The quantitative estimate of drug-likeness (QED) is 0.389. The van der Waals surface area contributed by atoms with Gasteiger partial charge < -0.3 is 10.1 Å². The van der Waals surface area contributed by atoms with Crippen molar-refractivity contribution in [3.05, 3.63) is 33.9 Å². The van der Waals surface area contributed by atoms with Crippen LogP contribution in [0.1, 0.15) is 29.6 Å². The number of hydrogen-bond acceptors (Lipinski definition) is 5. The summed E-state index contributed by atoms with van der Waals surface area (Å²) in [7, 11) is 3.04. The maximum absolute atomic E-state index is 12.7. The molecule has 2 rings (SSSR count). The predicted octanol–water partition coefficient (Wildman–Crippen LogP) is 2.50. The topological polar surface area (TPSA) is 81.5 Å². The molecule has 0 unspecified atom stereocenters. The molecule has 6 nitrogen and oxygen atoms in total. The van der Waals surface area contributed by atoms with Crippen LogP contribution in [0.25, 0.3) is 0 Å². The summed E-state index contributed by atoms with van der Waals surface area (Å²) in [6.45, 7) is 0. The third-order valence-corrected chi connectivity index (χ3v) is 4.54. The fourth-order valence-electron chi connectivity index (χ4n) is 2.58. The van der Waals surface area contributed by atoms with Crippen molar-refractivity contribution in [2.45, 2.75) is 19.3 Å². The highest BCUT2D eigenvalue weighted by Gasteiger charge is 2.48. The molecule has 1 saturated carbocycles. The van der Waals surface area contributed by atoms with Crippen molar-refractivity contribution in [2.24, 2.45) is 5.41 Å². The summed E-state index contributed by atoms with van der Waals surface area (Å²) in [5.74, 6) is -0.0331. The Bertz CT molecular complexity index is 611. The molecule has 0 radical (unpaired) electrons. The fraction of sp³-hybridized carbons (Fsp3) is 0.429. The Kier molecular flexibility index (Phi) is 4.22. The van der Waals surface area contributed by atoms with Gasteiger partial charge in [-0.2, -0.15) is 0 Å². The monoisotopic (exact) mass is 308 g/mol. The Balaban J connectivity index is 2.42. The number of nitrogens with one attached hydrogen (secondary N) is 1. The van der Waals surface area contributed by atoms with Gasteiger partial charge in [-0.05, 0) is 25.0 Å². The van der Waals surface area contributed by atoms with Gasteiger partial charge in [0.25, 0.3) is 0 Å². The van der Waals surface area contributed by atoms with Crippen molar-refractivity contribution in [2.75, 3.05) is 14.2 Å². The lowest BCUT2D eigenvalue weighted by Gasteiger charge is -2.40. The lowest BCUT2D eigenvalue weighted by molar-refractivity contribution is -0.385. The number of rotatable bonds is 5. The highest BCUT2D eigenvalue weighted by molar-refractivity contribution is 7.80. The molecule has 0 heterocycles. The average molecular weight is 308 g/mol. The van der Waals surface area contributed by atoms with E-state index in [2.05, 4.69) is 5.32 Å². The van der Waals surface area contributed by atoms with Gasteiger partial charge in [-0.3, -0.25) is 14.9 Å². The molecule has 1 N–H and O–H groups in total. The molecule has 1 aliphatic carbocycles. The van der Waals surface area contributed by atoms with Gasteiger partial charge in [0.05, 0.1) is 22.4 Å². The van der Waals surface area contributed by atoms with Crippen molar-refractivity contribution in [1.82, 2.24) is 5.32 Å². The van der Waals surface area contributed by atoms with E-state index < -0.39 is 10.3 Å². The van der Waals surface area contributed by atoms with Crippen LogP contribution in [0.3, 0.4) is 0 Å². The highest BCUT2D eigenvalue weighted by Crippen LogP contribution is 2.45. The second-order valence-electron chi connectivity index (χ2n) is 4.99. The lowest BCUT2D eigenvalue weighted by atomic mass is 9.64. The van der Waals surface area contributed by atoms with Crippen LogP contribution in [0.15, 0.2) is 18.2 Å². The molecule has 0 aromatic heterocycles. The first kappa shape index (κ1) is 15.4. The van der Waals surface area contributed by atoms with Gasteiger partial charge in [-0.25, -0.2) is 0 Å². The van der Waals surface area contributed by atoms with Crippen LogP contribution in [-0.4, -0.2) is 29.9 Å². The molecular formula is C14H16N2O4S. The SMILES string of the molecule is CNC(=S)C1(C(=O)c2ccc(OC)c([N+](=O)[O-])c2)CCC1. The van der Waals surface area contributed by atoms with Gasteiger partial charge in [0.15, 0.2) is 11.5 Å². The number of Topliss-reactive ketones (excluding diaryl/α,β-unsaturated/α-hetero) is 1. The smallest absolute Gasteiger partial charge is 0.311 e. The van der Waals surface area contributed by atoms with Crippen molar-refractivity contribution in [1.29, 1.82) is 0 Å². The van der Waals surface area contributed by atoms with Crippen LogP contribution >= 0.6 is 12.2 Å². The molecule has 1 aromatic rings. The minimum absolute atomic E-state index is 0.135. The number of carbonyl (C=O) groups excluding carboxylic acids is 1. The summed E-state index contributed by atoms with van der Waals surface area (Å²) in [6, 6.07) is 4.26. The minimum atomic E-state index is -0.716. The zero-order chi connectivity index (χ0) is 15.6. The molecule has 0 aliphatic heterocycles. The number of carbonyl (C=O) groups is 1. The summed E-state index contributed by atoms with van der Waals surface area (Å²) in [4.78, 5) is 23.7. The van der Waals surface area contributed by atoms with E-state index in [1.54, 1.807) is 13.1 Å². The maximum Gasteiger partial charge on any atom is 0.311 e. The van der Waals surface area contributed by atoms with Gasteiger partial charge in [0, 0.05) is 18.7 Å². The number of ketones is 1. The molecule has 1 aliphatic rings. The number of benzene rings is 1. The first-order chi connectivity index (χ1) is 9.96. The molecule has 0 atom stereocenters. The Morgan fingerprint density at radius 1 is 1.48 bits per heavy atom. The van der Waals surface area contributed by atoms with Gasteiger partial charge >= 0.3 is 5.69 Å². The Labute approximate surface area is 127 Å². The molecule has 0 bridgehead atoms. The summed E-state index contributed by atoms with van der Waals surface area (Å²) in [6.07, 6.45) is 2.27. The molecule has 0 saturated heterocycles. The van der Waals surface area contributed by atoms with E-state index in [-0.39, 0.29) is 17.2 Å². The number of ether oxygens (including phenoxy) is 1. The molecular weight excluding hydrogens is 292 g/mol. The molecule has 21 heavy (non-hydrogen) atoms.